The summed E-state index contributed by atoms with van der Waals surface area (Å²) in [7, 11) is -3.74. The third kappa shape index (κ3) is 4.43. The molecule has 2 heterocycles. The molecule has 2 aromatic rings. The molecule has 10 heteroatoms. The van der Waals surface area contributed by atoms with Crippen molar-refractivity contribution in [2.24, 2.45) is 5.10 Å². The van der Waals surface area contributed by atoms with Crippen LogP contribution >= 0.6 is 0 Å². The minimum Gasteiger partial charge on any atom is -0.486 e. The van der Waals surface area contributed by atoms with Crippen molar-refractivity contribution in [3.8, 4) is 11.5 Å². The van der Waals surface area contributed by atoms with Gasteiger partial charge in [0.2, 0.25) is 21.8 Å². The summed E-state index contributed by atoms with van der Waals surface area (Å²) < 4.78 is 36.7. The number of ether oxygens (including phenoxy) is 2. The first-order chi connectivity index (χ1) is 15.7. The molecular weight excluding hydrogens is 446 g/mol. The molecule has 0 fully saturated rings. The second-order valence-corrected chi connectivity index (χ2v) is 9.87. The Morgan fingerprint density at radius 2 is 1.73 bits per heavy atom. The number of fused-ring (bicyclic) bond motifs is 1. The molecule has 2 aliphatic rings. The minimum atomic E-state index is -3.74. The third-order valence-corrected chi connectivity index (χ3v) is 7.30. The topological polar surface area (TPSA) is 106 Å². The van der Waals surface area contributed by atoms with Gasteiger partial charge in [-0.05, 0) is 42.3 Å². The van der Waals surface area contributed by atoms with Crippen LogP contribution in [0.3, 0.4) is 0 Å². The summed E-state index contributed by atoms with van der Waals surface area (Å²) in [5.74, 6) is 0.349. The Morgan fingerprint density at radius 3 is 2.33 bits per heavy atom. The molecule has 0 bridgehead atoms. The number of hydrogen-bond acceptors (Lipinski definition) is 7. The van der Waals surface area contributed by atoms with Gasteiger partial charge in [-0.25, -0.2) is 17.7 Å². The van der Waals surface area contributed by atoms with E-state index in [2.05, 4.69) is 5.10 Å². The Bertz CT molecular complexity index is 1220. The molecule has 174 valence electrons. The Labute approximate surface area is 192 Å². The summed E-state index contributed by atoms with van der Waals surface area (Å²) in [4.78, 5) is 24.3. The second kappa shape index (κ2) is 8.86. The first-order valence-corrected chi connectivity index (χ1v) is 12.2. The zero-order valence-electron chi connectivity index (χ0n) is 18.6. The van der Waals surface area contributed by atoms with E-state index in [9.17, 15) is 18.0 Å². The molecule has 1 unspecified atom stereocenters. The minimum absolute atomic E-state index is 0.189. The zero-order valence-corrected chi connectivity index (χ0v) is 19.5. The van der Waals surface area contributed by atoms with Crippen molar-refractivity contribution >= 4 is 33.2 Å². The van der Waals surface area contributed by atoms with Crippen molar-refractivity contribution in [1.29, 1.82) is 0 Å². The third-order valence-electron chi connectivity index (χ3n) is 5.55. The van der Waals surface area contributed by atoms with E-state index < -0.39 is 15.9 Å². The van der Waals surface area contributed by atoms with Gasteiger partial charge in [-0.15, -0.1) is 0 Å². The average molecular weight is 472 g/mol. The van der Waals surface area contributed by atoms with Gasteiger partial charge >= 0.3 is 0 Å². The van der Waals surface area contributed by atoms with Gasteiger partial charge in [-0.1, -0.05) is 18.2 Å². The molecule has 2 aliphatic heterocycles. The Kier molecular flexibility index (Phi) is 6.11. The standard InChI is InChI=1S/C23H25N3O6S/c1-4-33(29,30)26(16(3)28)19-8-5-17(6-9-19)20-14-21(25(24-20)15(2)27)18-7-10-22-23(13-18)32-12-11-31-22/h5-10,13,21H,4,11-12,14H2,1-3H3. The lowest BCUT2D eigenvalue weighted by Gasteiger charge is -2.23. The highest BCUT2D eigenvalue weighted by Gasteiger charge is 2.32. The number of sulfonamides is 1. The highest BCUT2D eigenvalue weighted by atomic mass is 32.2. The van der Waals surface area contributed by atoms with Crippen molar-refractivity contribution < 1.29 is 27.5 Å². The summed E-state index contributed by atoms with van der Waals surface area (Å²) in [6.07, 6.45) is 0.474. The Morgan fingerprint density at radius 1 is 1.06 bits per heavy atom. The lowest BCUT2D eigenvalue weighted by Crippen LogP contribution is -2.36. The van der Waals surface area contributed by atoms with E-state index in [1.165, 1.54) is 25.8 Å². The lowest BCUT2D eigenvalue weighted by molar-refractivity contribution is -0.130. The lowest BCUT2D eigenvalue weighted by atomic mass is 9.98. The fraction of sp³-hybridized carbons (Fsp3) is 0.348. The molecule has 0 spiro atoms. The first-order valence-electron chi connectivity index (χ1n) is 10.6. The molecule has 0 N–H and O–H groups in total. The maximum atomic E-state index is 12.3. The van der Waals surface area contributed by atoms with Crippen LogP contribution < -0.4 is 13.8 Å². The maximum absolute atomic E-state index is 12.3. The molecular formula is C23H25N3O6S. The van der Waals surface area contributed by atoms with Gasteiger partial charge in [-0.2, -0.15) is 5.10 Å². The SMILES string of the molecule is CCS(=O)(=O)N(C(C)=O)c1ccc(C2=NN(C(C)=O)C(c3ccc4c(c3)OCCO4)C2)cc1. The summed E-state index contributed by atoms with van der Waals surface area (Å²) >= 11 is 0. The number of benzene rings is 2. The molecule has 2 aromatic carbocycles. The van der Waals surface area contributed by atoms with E-state index >= 15 is 0 Å². The van der Waals surface area contributed by atoms with Crippen molar-refractivity contribution in [3.05, 3.63) is 53.6 Å². The van der Waals surface area contributed by atoms with Crippen LogP contribution in [0.25, 0.3) is 0 Å². The van der Waals surface area contributed by atoms with Crippen LogP contribution in [0.5, 0.6) is 11.5 Å². The van der Waals surface area contributed by atoms with Gasteiger partial charge in [0.1, 0.15) is 13.2 Å². The van der Waals surface area contributed by atoms with Crippen LogP contribution in [0.1, 0.15) is 44.4 Å². The fourth-order valence-corrected chi connectivity index (χ4v) is 5.05. The van der Waals surface area contributed by atoms with Gasteiger partial charge in [0.15, 0.2) is 11.5 Å². The van der Waals surface area contributed by atoms with E-state index in [1.54, 1.807) is 24.3 Å². The first kappa shape index (κ1) is 22.8. The number of nitrogens with zero attached hydrogens (tertiary/aromatic N) is 3. The summed E-state index contributed by atoms with van der Waals surface area (Å²) in [5, 5.41) is 5.97. The number of carbonyl (C=O) groups excluding carboxylic acids is 2. The number of carbonyl (C=O) groups is 2. The van der Waals surface area contributed by atoms with E-state index in [0.717, 1.165) is 15.4 Å². The fourth-order valence-electron chi connectivity index (χ4n) is 3.96. The normalized spacial score (nSPS) is 17.5. The van der Waals surface area contributed by atoms with E-state index in [4.69, 9.17) is 9.47 Å². The van der Waals surface area contributed by atoms with Gasteiger partial charge in [0, 0.05) is 20.3 Å². The molecule has 0 radical (unpaired) electrons. The van der Waals surface area contributed by atoms with Crippen LogP contribution in [0.15, 0.2) is 47.6 Å². The van der Waals surface area contributed by atoms with Crippen molar-refractivity contribution in [3.63, 3.8) is 0 Å². The molecule has 0 saturated heterocycles. The van der Waals surface area contributed by atoms with Crippen molar-refractivity contribution in [2.45, 2.75) is 33.2 Å². The quantitative estimate of drug-likeness (QED) is 0.664. The average Bonchev–Trinajstić information content (AvgIpc) is 3.25. The number of hydrogen-bond donors (Lipinski definition) is 0. The summed E-state index contributed by atoms with van der Waals surface area (Å²) in [6, 6.07) is 11.9. The van der Waals surface area contributed by atoms with Gasteiger partial charge in [0.25, 0.3) is 0 Å². The van der Waals surface area contributed by atoms with Crippen molar-refractivity contribution in [1.82, 2.24) is 5.01 Å². The second-order valence-electron chi connectivity index (χ2n) is 7.76. The highest BCUT2D eigenvalue weighted by molar-refractivity contribution is 7.93. The van der Waals surface area contributed by atoms with Crippen LogP contribution in [0.4, 0.5) is 5.69 Å². The van der Waals surface area contributed by atoms with E-state index in [1.807, 2.05) is 18.2 Å². The maximum Gasteiger partial charge on any atom is 0.241 e. The number of anilines is 1. The van der Waals surface area contributed by atoms with Gasteiger partial charge in [0.05, 0.1) is 23.2 Å². The molecule has 9 nitrogen and oxygen atoms in total. The van der Waals surface area contributed by atoms with Gasteiger partial charge in [-0.3, -0.25) is 9.59 Å². The molecule has 4 rings (SSSR count). The highest BCUT2D eigenvalue weighted by Crippen LogP contribution is 2.38. The van der Waals surface area contributed by atoms with Crippen LogP contribution in [-0.2, 0) is 19.6 Å². The van der Waals surface area contributed by atoms with Crippen LogP contribution in [0.2, 0.25) is 0 Å². The number of amides is 2. The summed E-state index contributed by atoms with van der Waals surface area (Å²) in [6.45, 7) is 5.13. The molecule has 0 aromatic heterocycles. The molecule has 2 amide bonds. The monoisotopic (exact) mass is 471 g/mol. The molecule has 1 atom stereocenters. The Balaban J connectivity index is 1.61. The van der Waals surface area contributed by atoms with Crippen LogP contribution in [0, 0.1) is 0 Å². The number of rotatable bonds is 5. The van der Waals surface area contributed by atoms with Crippen LogP contribution in [-0.4, -0.2) is 49.9 Å². The largest absolute Gasteiger partial charge is 0.486 e. The van der Waals surface area contributed by atoms with E-state index in [-0.39, 0.29) is 23.4 Å². The molecule has 0 saturated carbocycles. The number of hydrazone groups is 1. The van der Waals surface area contributed by atoms with E-state index in [0.29, 0.717) is 36.8 Å². The van der Waals surface area contributed by atoms with Crippen molar-refractivity contribution in [2.75, 3.05) is 23.3 Å². The molecule has 0 aliphatic carbocycles. The zero-order chi connectivity index (χ0) is 23.8. The smallest absolute Gasteiger partial charge is 0.241 e. The molecule has 33 heavy (non-hydrogen) atoms. The predicted octanol–water partition coefficient (Wildman–Crippen LogP) is 2.86. The Hall–Kier alpha value is -3.40. The summed E-state index contributed by atoms with van der Waals surface area (Å²) in [5.41, 5.74) is 2.56. The van der Waals surface area contributed by atoms with Gasteiger partial charge < -0.3 is 9.47 Å². The predicted molar refractivity (Wildman–Crippen MR) is 123 cm³/mol.